The largest absolute Gasteiger partial charge is 3.00 e. The molecule has 0 aromatic heterocycles. The predicted octanol–water partition coefficient (Wildman–Crippen LogP) is -3.68. The zero-order chi connectivity index (χ0) is 12.0. The molecule has 1 atom stereocenters. The summed E-state index contributed by atoms with van der Waals surface area (Å²) in [5.41, 5.74) is 1.56. The summed E-state index contributed by atoms with van der Waals surface area (Å²) < 4.78 is 0. The fourth-order valence-corrected chi connectivity index (χ4v) is 7.06. The quantitative estimate of drug-likeness (QED) is 0.402. The molecule has 1 aliphatic carbocycles. The van der Waals surface area contributed by atoms with Crippen LogP contribution in [-0.4, -0.2) is 25.3 Å². The molecule has 1 heterocycles. The van der Waals surface area contributed by atoms with Crippen LogP contribution in [0, 0.1) is 6.08 Å². The molecule has 6 heteroatoms. The van der Waals surface area contributed by atoms with Crippen LogP contribution >= 0.6 is 0 Å². The van der Waals surface area contributed by atoms with Crippen LogP contribution in [0.25, 0.3) is 0 Å². The van der Waals surface area contributed by atoms with E-state index in [1.165, 1.54) is 16.9 Å². The van der Waals surface area contributed by atoms with Crippen LogP contribution in [0.3, 0.4) is 0 Å². The Hall–Kier alpha value is 0.751. The Morgan fingerprint density at radius 3 is 2.37 bits per heavy atom. The monoisotopic (exact) mass is 354 g/mol. The van der Waals surface area contributed by atoms with Gasteiger partial charge in [0, 0.05) is 12.1 Å². The molecule has 0 amide bonds. The minimum absolute atomic E-state index is 0. The van der Waals surface area contributed by atoms with Gasteiger partial charge in [-0.15, -0.1) is 0 Å². The third kappa shape index (κ3) is 4.62. The summed E-state index contributed by atoms with van der Waals surface area (Å²) in [6.07, 6.45) is 5.45. The van der Waals surface area contributed by atoms with E-state index < -0.39 is 8.07 Å². The Kier molecular flexibility index (Phi) is 8.90. The van der Waals surface area contributed by atoms with Crippen molar-refractivity contribution in [3.63, 3.8) is 0 Å². The molecule has 0 spiro atoms. The maximum atomic E-state index is 8.93. The van der Waals surface area contributed by atoms with E-state index in [2.05, 4.69) is 38.7 Å². The number of hydrogen-bond donors (Lipinski definition) is 2. The average Bonchev–Trinajstić information content (AvgIpc) is 2.53. The summed E-state index contributed by atoms with van der Waals surface area (Å²) in [5, 5.41) is 15.7. The third-order valence-corrected chi connectivity index (χ3v) is 7.68. The van der Waals surface area contributed by atoms with Crippen molar-refractivity contribution in [3.05, 3.63) is 22.2 Å². The van der Waals surface area contributed by atoms with Crippen LogP contribution in [-0.2, 0) is 21.7 Å². The second-order valence-electron chi connectivity index (χ2n) is 6.12. The number of halogens is 2. The molecule has 2 nitrogen and oxygen atoms in total. The molecule has 1 fully saturated rings. The molecular weight excluding hydrogens is 333 g/mol. The summed E-state index contributed by atoms with van der Waals surface area (Å²) in [6, 6.07) is 1.19. The summed E-state index contributed by atoms with van der Waals surface area (Å²) >= 11 is 0. The van der Waals surface area contributed by atoms with Gasteiger partial charge in [0.25, 0.3) is 0 Å². The number of aliphatic hydroxyl groups is 1. The second-order valence-corrected chi connectivity index (χ2v) is 10.3. The summed E-state index contributed by atoms with van der Waals surface area (Å²) in [4.78, 5) is 0. The van der Waals surface area contributed by atoms with E-state index in [9.17, 15) is 0 Å². The first-order chi connectivity index (χ1) is 7.38. The molecule has 1 saturated heterocycles. The van der Waals surface area contributed by atoms with Crippen LogP contribution in [0.5, 0.6) is 0 Å². The van der Waals surface area contributed by atoms with Gasteiger partial charge in [-0.1, -0.05) is 24.7 Å². The smallest absolute Gasteiger partial charge is 1.00 e. The number of nitrogens with one attached hydrogen (secondary N) is 1. The van der Waals surface area contributed by atoms with Gasteiger partial charge in [-0.3, -0.25) is 6.08 Å². The van der Waals surface area contributed by atoms with Crippen molar-refractivity contribution in [3.8, 4) is 0 Å². The molecule has 107 valence electrons. The second kappa shape index (κ2) is 7.67. The number of hydrogen-bond acceptors (Lipinski definition) is 2. The van der Waals surface area contributed by atoms with E-state index in [0.717, 1.165) is 12.8 Å². The van der Waals surface area contributed by atoms with Gasteiger partial charge in [-0.25, -0.2) is 5.20 Å². The van der Waals surface area contributed by atoms with Crippen molar-refractivity contribution in [2.24, 2.45) is 0 Å². The molecule has 0 aromatic rings. The molecule has 2 N–H and O–H groups in total. The fourth-order valence-electron chi connectivity index (χ4n) is 2.69. The van der Waals surface area contributed by atoms with E-state index >= 15 is 0 Å². The maximum Gasteiger partial charge on any atom is 3.00 e. The third-order valence-electron chi connectivity index (χ3n) is 3.40. The Bertz CT molecular complexity index is 379. The van der Waals surface area contributed by atoms with Crippen molar-refractivity contribution in [2.75, 3.05) is 6.61 Å². The number of fused-ring (bicyclic) bond motifs is 1. The Morgan fingerprint density at radius 1 is 1.32 bits per heavy atom. The van der Waals surface area contributed by atoms with Crippen LogP contribution in [0.1, 0.15) is 33.6 Å². The first kappa shape index (κ1) is 22.0. The topological polar surface area (TPSA) is 32.3 Å². The van der Waals surface area contributed by atoms with Gasteiger partial charge in [0.15, 0.2) is 0 Å². The Labute approximate surface area is 145 Å². The number of aliphatic hydroxyl groups excluding tert-OH is 1. The summed E-state index contributed by atoms with van der Waals surface area (Å²) in [7, 11) is -1.27. The summed E-state index contributed by atoms with van der Waals surface area (Å²) in [5.74, 6) is 0. The van der Waals surface area contributed by atoms with Crippen molar-refractivity contribution in [2.45, 2.75) is 51.7 Å². The van der Waals surface area contributed by atoms with Gasteiger partial charge in [0.1, 0.15) is 0 Å². The van der Waals surface area contributed by atoms with Gasteiger partial charge in [0.05, 0.1) is 0 Å². The van der Waals surface area contributed by atoms with E-state index in [1.54, 1.807) is 5.20 Å². The molecule has 2 rings (SSSR count). The zero-order valence-electron chi connectivity index (χ0n) is 12.0. The van der Waals surface area contributed by atoms with Crippen molar-refractivity contribution in [1.82, 2.24) is 5.32 Å². The molecule has 0 saturated carbocycles. The zero-order valence-corrected chi connectivity index (χ0v) is 16.1. The molecule has 1 radical (unpaired) electrons. The normalized spacial score (nSPS) is 23.5. The van der Waals surface area contributed by atoms with E-state index in [4.69, 9.17) is 5.11 Å². The Morgan fingerprint density at radius 2 is 1.89 bits per heavy atom. The van der Waals surface area contributed by atoms with Gasteiger partial charge in [-0.05, 0) is 35.3 Å². The van der Waals surface area contributed by atoms with E-state index in [1.807, 2.05) is 0 Å². The average molecular weight is 355 g/mol. The maximum absolute atomic E-state index is 8.93. The van der Waals surface area contributed by atoms with Crippen LogP contribution in [0.2, 0.25) is 12.6 Å². The summed E-state index contributed by atoms with van der Waals surface area (Å²) in [6.45, 7) is 9.34. The van der Waals surface area contributed by atoms with E-state index in [-0.39, 0.29) is 52.1 Å². The van der Waals surface area contributed by atoms with Gasteiger partial charge in [0.2, 0.25) is 0 Å². The molecule has 19 heavy (non-hydrogen) atoms. The van der Waals surface area contributed by atoms with Gasteiger partial charge >= 0.3 is 21.7 Å². The molecule has 0 aromatic carbocycles. The molecule has 2 aliphatic rings. The molecule has 1 unspecified atom stereocenters. The number of allylic oxidation sites excluding steroid dienone is 3. The van der Waals surface area contributed by atoms with Crippen LogP contribution in [0.15, 0.2) is 16.1 Å². The van der Waals surface area contributed by atoms with Crippen molar-refractivity contribution < 1.29 is 51.6 Å². The first-order valence-electron chi connectivity index (χ1n) is 6.13. The minimum Gasteiger partial charge on any atom is -1.00 e. The Balaban J connectivity index is 0. The number of rotatable bonds is 4. The van der Waals surface area contributed by atoms with Crippen molar-refractivity contribution in [1.29, 1.82) is 0 Å². The van der Waals surface area contributed by atoms with Crippen LogP contribution < -0.4 is 30.1 Å². The molecular formula is C13H22Cl2NOSiTi. The first-order valence-corrected chi connectivity index (χ1v) is 8.83. The molecule has 0 bridgehead atoms. The predicted molar refractivity (Wildman–Crippen MR) is 69.4 cm³/mol. The van der Waals surface area contributed by atoms with E-state index in [0.29, 0.717) is 6.61 Å². The standard InChI is InChI=1S/C13H22NOSi.2ClH.Ti/c1-13(2,3)14-10-6-7-11-12(10)16(11,4)9-5-8-15;;;/h14-15H,5-6,8-9H2,1-4H3;2*1H;/q-1;;;+3/p-2. The van der Waals surface area contributed by atoms with Gasteiger partial charge in [-0.2, -0.15) is 5.20 Å². The minimum atomic E-state index is -1.27. The van der Waals surface area contributed by atoms with Gasteiger partial charge < -0.3 is 35.2 Å². The van der Waals surface area contributed by atoms with Crippen molar-refractivity contribution >= 4 is 8.07 Å². The van der Waals surface area contributed by atoms with Crippen LogP contribution in [0.4, 0.5) is 0 Å². The fraction of sp³-hybridized carbons (Fsp3) is 0.692. The molecule has 1 aliphatic heterocycles. The SMILES string of the molecule is CC(C)(C)NC1=C2C(=[C-]C1)[Si]2(C)CCCO.[Cl-].[Cl-].[Ti+3].